The molecule has 0 saturated carbocycles. The van der Waals surface area contributed by atoms with E-state index < -0.39 is 10.1 Å². The molecule has 7 heteroatoms. The molecule has 1 fully saturated rings. The monoisotopic (exact) mass is 224 g/mol. The molecule has 84 valence electrons. The van der Waals surface area contributed by atoms with Gasteiger partial charge in [-0.2, -0.15) is 8.42 Å². The van der Waals surface area contributed by atoms with Crippen LogP contribution in [0.2, 0.25) is 0 Å². The van der Waals surface area contributed by atoms with Crippen molar-refractivity contribution < 1.29 is 18.1 Å². The Hall–Kier alpha value is -0.210. The molecule has 1 atom stereocenters. The molecular weight excluding hydrogens is 208 g/mol. The molecule has 1 unspecified atom stereocenters. The third-order valence-electron chi connectivity index (χ3n) is 2.26. The van der Waals surface area contributed by atoms with Crippen LogP contribution in [0.1, 0.15) is 6.42 Å². The molecule has 1 rings (SSSR count). The first kappa shape index (κ1) is 11.9. The SMILES string of the molecule is O=S(=O)(O)CN1CCNCC1CCO. The summed E-state index contributed by atoms with van der Waals surface area (Å²) in [4.78, 5) is 1.67. The number of hydrogen-bond acceptors (Lipinski definition) is 5. The first-order chi connectivity index (χ1) is 6.53. The Morgan fingerprint density at radius 2 is 2.21 bits per heavy atom. The van der Waals surface area contributed by atoms with Crippen LogP contribution >= 0.6 is 0 Å². The molecule has 14 heavy (non-hydrogen) atoms. The Balaban J connectivity index is 2.54. The van der Waals surface area contributed by atoms with Crippen molar-refractivity contribution in [3.63, 3.8) is 0 Å². The molecule has 0 aromatic rings. The minimum absolute atomic E-state index is 0.0179. The van der Waals surface area contributed by atoms with E-state index in [4.69, 9.17) is 9.66 Å². The average molecular weight is 224 g/mol. The minimum atomic E-state index is -3.96. The Labute approximate surface area is 83.7 Å². The van der Waals surface area contributed by atoms with E-state index in [1.165, 1.54) is 0 Å². The number of nitrogens with one attached hydrogen (secondary N) is 1. The van der Waals surface area contributed by atoms with Crippen molar-refractivity contribution in [3.8, 4) is 0 Å². The van der Waals surface area contributed by atoms with Gasteiger partial charge in [0.25, 0.3) is 10.1 Å². The van der Waals surface area contributed by atoms with Crippen LogP contribution in [0.5, 0.6) is 0 Å². The molecule has 3 N–H and O–H groups in total. The average Bonchev–Trinajstić information content (AvgIpc) is 2.06. The standard InChI is InChI=1S/C7H16N2O4S/c10-4-1-7-5-8-2-3-9(7)6-14(11,12)13/h7-8,10H,1-6H2,(H,11,12,13). The van der Waals surface area contributed by atoms with E-state index in [0.29, 0.717) is 26.1 Å². The zero-order valence-electron chi connectivity index (χ0n) is 7.89. The number of aliphatic hydroxyl groups excluding tert-OH is 1. The molecule has 0 aromatic carbocycles. The highest BCUT2D eigenvalue weighted by atomic mass is 32.2. The maximum atomic E-state index is 10.7. The van der Waals surface area contributed by atoms with E-state index >= 15 is 0 Å². The van der Waals surface area contributed by atoms with Gasteiger partial charge in [-0.1, -0.05) is 0 Å². The van der Waals surface area contributed by atoms with Gasteiger partial charge in [-0.25, -0.2) is 0 Å². The molecule has 0 spiro atoms. The van der Waals surface area contributed by atoms with Gasteiger partial charge in [0.1, 0.15) is 5.88 Å². The number of nitrogens with zero attached hydrogens (tertiary/aromatic N) is 1. The summed E-state index contributed by atoms with van der Waals surface area (Å²) in [7, 11) is -3.96. The summed E-state index contributed by atoms with van der Waals surface area (Å²) in [5.41, 5.74) is 0. The van der Waals surface area contributed by atoms with Crippen LogP contribution in [-0.4, -0.2) is 61.1 Å². The summed E-state index contributed by atoms with van der Waals surface area (Å²) in [6.45, 7) is 1.95. The molecule has 0 amide bonds. The summed E-state index contributed by atoms with van der Waals surface area (Å²) in [6.07, 6.45) is 0.516. The van der Waals surface area contributed by atoms with Crippen LogP contribution in [0.25, 0.3) is 0 Å². The second kappa shape index (κ2) is 5.04. The van der Waals surface area contributed by atoms with Crippen molar-refractivity contribution in [2.24, 2.45) is 0 Å². The third-order valence-corrected chi connectivity index (χ3v) is 2.92. The first-order valence-electron chi connectivity index (χ1n) is 4.54. The van der Waals surface area contributed by atoms with Crippen molar-refractivity contribution in [2.75, 3.05) is 32.1 Å². The summed E-state index contributed by atoms with van der Waals surface area (Å²) >= 11 is 0. The number of rotatable bonds is 4. The highest BCUT2D eigenvalue weighted by molar-refractivity contribution is 7.85. The first-order valence-corrected chi connectivity index (χ1v) is 6.14. The highest BCUT2D eigenvalue weighted by Crippen LogP contribution is 2.08. The van der Waals surface area contributed by atoms with Crippen LogP contribution in [-0.2, 0) is 10.1 Å². The lowest BCUT2D eigenvalue weighted by atomic mass is 10.1. The zero-order valence-corrected chi connectivity index (χ0v) is 8.70. The van der Waals surface area contributed by atoms with E-state index in [0.717, 1.165) is 0 Å². The van der Waals surface area contributed by atoms with Gasteiger partial charge in [-0.15, -0.1) is 0 Å². The summed E-state index contributed by atoms with van der Waals surface area (Å²) in [6, 6.07) is -0.0179. The fraction of sp³-hybridized carbons (Fsp3) is 1.00. The fourth-order valence-electron chi connectivity index (χ4n) is 1.62. The summed E-state index contributed by atoms with van der Waals surface area (Å²) in [5.74, 6) is -0.348. The molecule has 0 aromatic heterocycles. The number of aliphatic hydroxyl groups is 1. The van der Waals surface area contributed by atoms with E-state index in [1.807, 2.05) is 0 Å². The summed E-state index contributed by atoms with van der Waals surface area (Å²) in [5, 5.41) is 11.9. The quantitative estimate of drug-likeness (QED) is 0.503. The Morgan fingerprint density at radius 3 is 2.79 bits per heavy atom. The van der Waals surface area contributed by atoms with E-state index in [-0.39, 0.29) is 18.5 Å². The minimum Gasteiger partial charge on any atom is -0.396 e. The second-order valence-corrected chi connectivity index (χ2v) is 4.82. The van der Waals surface area contributed by atoms with Gasteiger partial charge in [0, 0.05) is 32.3 Å². The van der Waals surface area contributed by atoms with Crippen molar-refractivity contribution in [1.82, 2.24) is 10.2 Å². The Kier molecular flexibility index (Phi) is 4.27. The third kappa shape index (κ3) is 3.89. The largest absolute Gasteiger partial charge is 0.396 e. The van der Waals surface area contributed by atoms with Crippen LogP contribution in [0.3, 0.4) is 0 Å². The van der Waals surface area contributed by atoms with Crippen molar-refractivity contribution in [2.45, 2.75) is 12.5 Å². The maximum absolute atomic E-state index is 10.7. The molecule has 1 aliphatic rings. The number of piperazine rings is 1. The van der Waals surface area contributed by atoms with Crippen molar-refractivity contribution >= 4 is 10.1 Å². The normalized spacial score (nSPS) is 25.1. The molecule has 1 saturated heterocycles. The number of hydrogen-bond donors (Lipinski definition) is 3. The van der Waals surface area contributed by atoms with Gasteiger partial charge in [0.2, 0.25) is 0 Å². The molecule has 0 radical (unpaired) electrons. The van der Waals surface area contributed by atoms with E-state index in [2.05, 4.69) is 5.32 Å². The van der Waals surface area contributed by atoms with Gasteiger partial charge >= 0.3 is 0 Å². The van der Waals surface area contributed by atoms with Crippen LogP contribution in [0.4, 0.5) is 0 Å². The molecule has 1 heterocycles. The fourth-order valence-corrected chi connectivity index (χ4v) is 2.38. The van der Waals surface area contributed by atoms with Gasteiger partial charge in [0.15, 0.2) is 0 Å². The van der Waals surface area contributed by atoms with Crippen LogP contribution in [0.15, 0.2) is 0 Å². The molecule has 6 nitrogen and oxygen atoms in total. The van der Waals surface area contributed by atoms with Gasteiger partial charge in [-0.3, -0.25) is 9.45 Å². The molecule has 0 aliphatic carbocycles. The highest BCUT2D eigenvalue weighted by Gasteiger charge is 2.24. The molecule has 1 aliphatic heterocycles. The molecular formula is C7H16N2O4S. The maximum Gasteiger partial charge on any atom is 0.278 e. The van der Waals surface area contributed by atoms with E-state index in [9.17, 15) is 8.42 Å². The van der Waals surface area contributed by atoms with Gasteiger partial charge in [0.05, 0.1) is 0 Å². The lowest BCUT2D eigenvalue weighted by Crippen LogP contribution is -2.52. The second-order valence-electron chi connectivity index (χ2n) is 3.39. The van der Waals surface area contributed by atoms with E-state index in [1.54, 1.807) is 4.90 Å². The zero-order chi connectivity index (χ0) is 10.6. The Bertz CT molecular complexity index is 265. The lowest BCUT2D eigenvalue weighted by molar-refractivity contribution is 0.147. The van der Waals surface area contributed by atoms with Gasteiger partial charge in [-0.05, 0) is 6.42 Å². The van der Waals surface area contributed by atoms with Crippen LogP contribution in [0, 0.1) is 0 Å². The van der Waals surface area contributed by atoms with Crippen LogP contribution < -0.4 is 5.32 Å². The summed E-state index contributed by atoms with van der Waals surface area (Å²) < 4.78 is 30.1. The predicted molar refractivity (Wildman–Crippen MR) is 51.5 cm³/mol. The van der Waals surface area contributed by atoms with Gasteiger partial charge < -0.3 is 10.4 Å². The lowest BCUT2D eigenvalue weighted by Gasteiger charge is -2.34. The van der Waals surface area contributed by atoms with Crippen molar-refractivity contribution in [1.29, 1.82) is 0 Å². The predicted octanol–water partition coefficient (Wildman–Crippen LogP) is -1.51. The topological polar surface area (TPSA) is 89.9 Å². The molecule has 0 bridgehead atoms. The van der Waals surface area contributed by atoms with Crippen molar-refractivity contribution in [3.05, 3.63) is 0 Å². The smallest absolute Gasteiger partial charge is 0.278 e. The Morgan fingerprint density at radius 1 is 1.50 bits per heavy atom.